The molecule has 0 radical (unpaired) electrons. The molecule has 1 aliphatic heterocycles. The van der Waals surface area contributed by atoms with Crippen molar-refractivity contribution in [2.24, 2.45) is 0 Å². The molecule has 1 heterocycles. The second-order valence-electron chi connectivity index (χ2n) is 8.56. The lowest BCUT2D eigenvalue weighted by Crippen LogP contribution is -2.32. The monoisotopic (exact) mass is 487 g/mol. The fraction of sp³-hybridized carbons (Fsp3) is 0.241. The first-order valence-electron chi connectivity index (χ1n) is 11.6. The zero-order chi connectivity index (χ0) is 25.7. The van der Waals surface area contributed by atoms with Gasteiger partial charge in [-0.15, -0.1) is 0 Å². The molecule has 1 unspecified atom stereocenters. The van der Waals surface area contributed by atoms with Crippen molar-refractivity contribution in [1.29, 1.82) is 0 Å². The Morgan fingerprint density at radius 2 is 1.64 bits per heavy atom. The molecular weight excluding hydrogens is 458 g/mol. The number of Topliss-reactive ketones (excluding diaryl/α,β-unsaturated/α-hetero) is 1. The number of likely N-dealkylation sites (tertiary alicyclic amines) is 1. The van der Waals surface area contributed by atoms with Crippen molar-refractivity contribution in [2.45, 2.75) is 19.6 Å². The van der Waals surface area contributed by atoms with Gasteiger partial charge in [0.15, 0.2) is 0 Å². The highest BCUT2D eigenvalue weighted by Gasteiger charge is 2.45. The molecule has 0 aromatic heterocycles. The Morgan fingerprint density at radius 1 is 0.944 bits per heavy atom. The van der Waals surface area contributed by atoms with Gasteiger partial charge in [0.2, 0.25) is 0 Å². The smallest absolute Gasteiger partial charge is 0.295 e. The molecule has 4 rings (SSSR count). The number of hydrogen-bond donors (Lipinski definition) is 1. The van der Waals surface area contributed by atoms with Gasteiger partial charge >= 0.3 is 0 Å². The third-order valence-corrected chi connectivity index (χ3v) is 6.12. The normalized spacial score (nSPS) is 16.9. The highest BCUT2D eigenvalue weighted by Crippen LogP contribution is 2.39. The summed E-state index contributed by atoms with van der Waals surface area (Å²) in [6.45, 7) is 2.90. The standard InChI is InChI=1S/C29H29NO6/c1-19-5-4-6-20(17-19)18-36-24-13-9-22(10-14-24)27(31)25-26(21-7-11-23(35-3)12-8-21)30(15-16-34-2)29(33)28(25)32/h4-14,17,26,31H,15-16,18H2,1-3H3/b27-25-. The van der Waals surface area contributed by atoms with Crippen LogP contribution in [0.1, 0.15) is 28.3 Å². The second-order valence-corrected chi connectivity index (χ2v) is 8.56. The van der Waals surface area contributed by atoms with E-state index in [1.165, 1.54) is 12.0 Å². The number of amides is 1. The van der Waals surface area contributed by atoms with E-state index in [2.05, 4.69) is 6.07 Å². The van der Waals surface area contributed by atoms with E-state index in [1.54, 1.807) is 55.6 Å². The number of aryl methyl sites for hydroxylation is 1. The van der Waals surface area contributed by atoms with Crippen LogP contribution < -0.4 is 9.47 Å². The quantitative estimate of drug-likeness (QED) is 0.269. The molecule has 3 aromatic rings. The van der Waals surface area contributed by atoms with Crippen molar-refractivity contribution < 1.29 is 28.9 Å². The number of aliphatic hydroxyl groups is 1. The van der Waals surface area contributed by atoms with Crippen molar-refractivity contribution in [3.8, 4) is 11.5 Å². The summed E-state index contributed by atoms with van der Waals surface area (Å²) >= 11 is 0. The minimum absolute atomic E-state index is 0.0368. The van der Waals surface area contributed by atoms with Gasteiger partial charge in [-0.2, -0.15) is 0 Å². The zero-order valence-corrected chi connectivity index (χ0v) is 20.6. The molecule has 186 valence electrons. The summed E-state index contributed by atoms with van der Waals surface area (Å²) in [4.78, 5) is 27.4. The minimum Gasteiger partial charge on any atom is -0.507 e. The minimum atomic E-state index is -0.747. The summed E-state index contributed by atoms with van der Waals surface area (Å²) < 4.78 is 16.2. The molecule has 0 bridgehead atoms. The Morgan fingerprint density at radius 3 is 2.28 bits per heavy atom. The Hall–Kier alpha value is -4.10. The lowest BCUT2D eigenvalue weighted by molar-refractivity contribution is -0.140. The maximum atomic E-state index is 13.1. The van der Waals surface area contributed by atoms with Crippen LogP contribution in [0.15, 0.2) is 78.4 Å². The molecule has 7 heteroatoms. The predicted octanol–water partition coefficient (Wildman–Crippen LogP) is 4.65. The molecule has 0 saturated carbocycles. The lowest BCUT2D eigenvalue weighted by atomic mass is 9.95. The number of rotatable bonds is 9. The van der Waals surface area contributed by atoms with Crippen molar-refractivity contribution in [3.63, 3.8) is 0 Å². The predicted molar refractivity (Wildman–Crippen MR) is 136 cm³/mol. The summed E-state index contributed by atoms with van der Waals surface area (Å²) in [5.41, 5.74) is 3.35. The van der Waals surface area contributed by atoms with Crippen molar-refractivity contribution in [3.05, 3.63) is 101 Å². The number of benzene rings is 3. The Labute approximate surface area is 210 Å². The van der Waals surface area contributed by atoms with E-state index in [0.717, 1.165) is 11.1 Å². The van der Waals surface area contributed by atoms with Crippen LogP contribution in [-0.4, -0.2) is 49.1 Å². The molecule has 3 aromatic carbocycles. The van der Waals surface area contributed by atoms with Crippen LogP contribution in [0.4, 0.5) is 0 Å². The highest BCUT2D eigenvalue weighted by atomic mass is 16.5. The number of hydrogen-bond acceptors (Lipinski definition) is 6. The third-order valence-electron chi connectivity index (χ3n) is 6.12. The summed E-state index contributed by atoms with van der Waals surface area (Å²) in [6.07, 6.45) is 0. The Balaban J connectivity index is 1.64. The Kier molecular flexibility index (Phi) is 7.71. The summed E-state index contributed by atoms with van der Waals surface area (Å²) in [5, 5.41) is 11.2. The number of aliphatic hydroxyl groups excluding tert-OH is 1. The Bertz CT molecular complexity index is 1260. The van der Waals surface area contributed by atoms with Gasteiger partial charge in [0.05, 0.1) is 25.3 Å². The molecule has 0 aliphatic carbocycles. The molecule has 7 nitrogen and oxygen atoms in total. The maximum Gasteiger partial charge on any atom is 0.295 e. The second kappa shape index (κ2) is 11.1. The van der Waals surface area contributed by atoms with Crippen molar-refractivity contribution in [1.82, 2.24) is 4.90 Å². The maximum absolute atomic E-state index is 13.1. The zero-order valence-electron chi connectivity index (χ0n) is 20.6. The molecule has 1 saturated heterocycles. The lowest BCUT2D eigenvalue weighted by Gasteiger charge is -2.25. The van der Waals surface area contributed by atoms with Gasteiger partial charge < -0.3 is 24.2 Å². The third kappa shape index (κ3) is 5.26. The molecule has 1 fully saturated rings. The van der Waals surface area contributed by atoms with Crippen LogP contribution in [0.2, 0.25) is 0 Å². The topological polar surface area (TPSA) is 85.3 Å². The van der Waals surface area contributed by atoms with Crippen LogP contribution in [-0.2, 0) is 20.9 Å². The first-order chi connectivity index (χ1) is 17.4. The van der Waals surface area contributed by atoms with E-state index in [1.807, 2.05) is 25.1 Å². The van der Waals surface area contributed by atoms with Gasteiger partial charge in [0, 0.05) is 19.2 Å². The fourth-order valence-corrected chi connectivity index (χ4v) is 4.27. The van der Waals surface area contributed by atoms with Crippen LogP contribution in [0.25, 0.3) is 5.76 Å². The number of ether oxygens (including phenoxy) is 3. The van der Waals surface area contributed by atoms with Gasteiger partial charge in [-0.05, 0) is 54.4 Å². The number of carbonyl (C=O) groups is 2. The van der Waals surface area contributed by atoms with Gasteiger partial charge in [0.1, 0.15) is 23.9 Å². The average Bonchev–Trinajstić information content (AvgIpc) is 3.15. The van der Waals surface area contributed by atoms with E-state index < -0.39 is 17.7 Å². The number of methoxy groups -OCH3 is 2. The van der Waals surface area contributed by atoms with E-state index in [-0.39, 0.29) is 24.5 Å². The van der Waals surface area contributed by atoms with Crippen LogP contribution in [0.5, 0.6) is 11.5 Å². The molecule has 36 heavy (non-hydrogen) atoms. The van der Waals surface area contributed by atoms with E-state index in [9.17, 15) is 14.7 Å². The van der Waals surface area contributed by atoms with Crippen molar-refractivity contribution in [2.75, 3.05) is 27.4 Å². The number of nitrogens with zero attached hydrogens (tertiary/aromatic N) is 1. The summed E-state index contributed by atoms with van der Waals surface area (Å²) in [7, 11) is 3.09. The molecule has 1 amide bonds. The molecule has 1 atom stereocenters. The van der Waals surface area contributed by atoms with Crippen LogP contribution in [0.3, 0.4) is 0 Å². The first-order valence-corrected chi connectivity index (χ1v) is 11.6. The molecular formula is C29H29NO6. The first kappa shape index (κ1) is 25.0. The number of ketones is 1. The molecule has 1 aliphatic rings. The van der Waals surface area contributed by atoms with E-state index >= 15 is 0 Å². The SMILES string of the molecule is COCCN1C(=O)C(=O)/C(=C(\O)c2ccc(OCc3cccc(C)c3)cc2)C1c1ccc(OC)cc1. The van der Waals surface area contributed by atoms with Crippen LogP contribution in [0, 0.1) is 6.92 Å². The van der Waals surface area contributed by atoms with E-state index in [0.29, 0.717) is 29.2 Å². The van der Waals surface area contributed by atoms with E-state index in [4.69, 9.17) is 14.2 Å². The van der Waals surface area contributed by atoms with Gasteiger partial charge in [0.25, 0.3) is 11.7 Å². The largest absolute Gasteiger partial charge is 0.507 e. The summed E-state index contributed by atoms with van der Waals surface area (Å²) in [6, 6.07) is 21.2. The molecule has 1 N–H and O–H groups in total. The number of carbonyl (C=O) groups excluding carboxylic acids is 2. The molecule has 0 spiro atoms. The van der Waals surface area contributed by atoms with Crippen LogP contribution >= 0.6 is 0 Å². The van der Waals surface area contributed by atoms with Gasteiger partial charge in [-0.1, -0.05) is 42.0 Å². The fourth-order valence-electron chi connectivity index (χ4n) is 4.27. The highest BCUT2D eigenvalue weighted by molar-refractivity contribution is 6.46. The van der Waals surface area contributed by atoms with Gasteiger partial charge in [-0.25, -0.2) is 0 Å². The van der Waals surface area contributed by atoms with Crippen molar-refractivity contribution >= 4 is 17.4 Å². The summed E-state index contributed by atoms with van der Waals surface area (Å²) in [5.74, 6) is -0.370. The average molecular weight is 488 g/mol. The van der Waals surface area contributed by atoms with Gasteiger partial charge in [-0.3, -0.25) is 9.59 Å².